The molecule has 1 aromatic heterocycles. The van der Waals surface area contributed by atoms with Crippen LogP contribution < -0.4 is 5.73 Å². The number of fused-ring (bicyclic) bond motifs is 2. The first-order valence-electron chi connectivity index (χ1n) is 10.7. The number of nitrogens with two attached hydrogens (primary N) is 1. The molecule has 0 fully saturated rings. The van der Waals surface area contributed by atoms with Crippen molar-refractivity contribution in [2.45, 2.75) is 25.7 Å². The van der Waals surface area contributed by atoms with Crippen molar-refractivity contribution in [1.82, 2.24) is 0 Å². The van der Waals surface area contributed by atoms with Crippen LogP contribution in [0.3, 0.4) is 0 Å². The fourth-order valence-electron chi connectivity index (χ4n) is 4.66. The van der Waals surface area contributed by atoms with Gasteiger partial charge in [0.25, 0.3) is 5.69 Å². The predicted octanol–water partition coefficient (Wildman–Crippen LogP) is 5.97. The lowest BCUT2D eigenvalue weighted by atomic mass is 9.82. The maximum atomic E-state index is 13.4. The minimum absolute atomic E-state index is 0.000396. The van der Waals surface area contributed by atoms with Gasteiger partial charge in [-0.25, -0.2) is 0 Å². The first kappa shape index (κ1) is 20.4. The molecule has 3 aromatic carbocycles. The topological polar surface area (TPSA) is 86.2 Å². The molecule has 4 aromatic rings. The molecule has 0 aliphatic heterocycles. The Labute approximate surface area is 189 Å². The minimum Gasteiger partial charge on any atom is -0.390 e. The Bertz CT molecular complexity index is 1340. The largest absolute Gasteiger partial charge is 0.390 e. The highest BCUT2D eigenvalue weighted by molar-refractivity contribution is 7.16. The van der Waals surface area contributed by atoms with Gasteiger partial charge >= 0.3 is 0 Å². The number of carbonyl (C=O) groups is 1. The number of rotatable bonds is 5. The van der Waals surface area contributed by atoms with Crippen molar-refractivity contribution in [2.75, 3.05) is 5.73 Å². The molecule has 0 radical (unpaired) electrons. The van der Waals surface area contributed by atoms with Crippen LogP contribution in [-0.2, 0) is 19.3 Å². The second-order valence-electron chi connectivity index (χ2n) is 8.37. The van der Waals surface area contributed by atoms with Gasteiger partial charge in [-0.2, -0.15) is 0 Å². The van der Waals surface area contributed by atoms with Gasteiger partial charge in [0.15, 0.2) is 5.78 Å². The molecule has 2 N–H and O–H groups in total. The van der Waals surface area contributed by atoms with Crippen LogP contribution in [0.15, 0.2) is 66.7 Å². The molecule has 1 atom stereocenters. The first-order chi connectivity index (χ1) is 15.5. The number of carbonyl (C=O) groups excluding carboxylic acids is 1. The molecule has 32 heavy (non-hydrogen) atoms. The van der Waals surface area contributed by atoms with E-state index in [0.717, 1.165) is 47.6 Å². The van der Waals surface area contributed by atoms with Gasteiger partial charge in [0.1, 0.15) is 0 Å². The Balaban J connectivity index is 1.37. The molecule has 0 saturated heterocycles. The summed E-state index contributed by atoms with van der Waals surface area (Å²) in [6.45, 7) is 0. The number of ketones is 1. The molecule has 0 spiro atoms. The second kappa shape index (κ2) is 8.20. The van der Waals surface area contributed by atoms with E-state index in [0.29, 0.717) is 22.0 Å². The van der Waals surface area contributed by atoms with Gasteiger partial charge in [-0.1, -0.05) is 48.5 Å². The molecule has 1 heterocycles. The van der Waals surface area contributed by atoms with Crippen LogP contribution in [0.25, 0.3) is 10.8 Å². The fraction of sp³-hybridized carbons (Fsp3) is 0.192. The summed E-state index contributed by atoms with van der Waals surface area (Å²) < 4.78 is 0. The van der Waals surface area contributed by atoms with Crippen LogP contribution in [0.5, 0.6) is 0 Å². The van der Waals surface area contributed by atoms with E-state index in [1.807, 2.05) is 54.6 Å². The van der Waals surface area contributed by atoms with E-state index in [1.54, 1.807) is 12.1 Å². The number of nitro groups is 1. The number of hydrogen-bond donors (Lipinski definition) is 1. The van der Waals surface area contributed by atoms with E-state index < -0.39 is 0 Å². The van der Waals surface area contributed by atoms with Gasteiger partial charge in [-0.3, -0.25) is 14.9 Å². The standard InChI is InChI=1S/C26H22N2O3S/c27-26-24(25(29)20-9-8-18-3-1-2-4-19(18)15-20)22-12-7-17(14-23(22)32-26)13-16-5-10-21(11-6-16)28(30)31/h1-6,8-11,15,17H,7,12-14,27H2. The van der Waals surface area contributed by atoms with Crippen molar-refractivity contribution in [1.29, 1.82) is 0 Å². The van der Waals surface area contributed by atoms with E-state index in [-0.39, 0.29) is 16.4 Å². The number of nitrogens with zero attached hydrogens (tertiary/aromatic N) is 1. The third kappa shape index (κ3) is 3.78. The maximum Gasteiger partial charge on any atom is 0.269 e. The molecule has 0 saturated carbocycles. The normalized spacial score (nSPS) is 15.4. The Hall–Kier alpha value is -3.51. The predicted molar refractivity (Wildman–Crippen MR) is 128 cm³/mol. The summed E-state index contributed by atoms with van der Waals surface area (Å²) in [7, 11) is 0. The van der Waals surface area contributed by atoms with Crippen LogP contribution in [0.1, 0.15) is 38.3 Å². The summed E-state index contributed by atoms with van der Waals surface area (Å²) in [4.78, 5) is 25.1. The van der Waals surface area contributed by atoms with E-state index in [2.05, 4.69) is 0 Å². The molecule has 1 aliphatic rings. The number of non-ortho nitro benzene ring substituents is 1. The van der Waals surface area contributed by atoms with Crippen LogP contribution >= 0.6 is 11.3 Å². The van der Waals surface area contributed by atoms with Crippen molar-refractivity contribution in [3.63, 3.8) is 0 Å². The average molecular weight is 443 g/mol. The summed E-state index contributed by atoms with van der Waals surface area (Å²) in [6.07, 6.45) is 3.54. The number of nitrogen functional groups attached to an aromatic ring is 1. The Morgan fingerprint density at radius 2 is 1.81 bits per heavy atom. The number of thiophene rings is 1. The lowest BCUT2D eigenvalue weighted by Gasteiger charge is -2.22. The van der Waals surface area contributed by atoms with Gasteiger partial charge in [0, 0.05) is 22.6 Å². The molecular weight excluding hydrogens is 420 g/mol. The summed E-state index contributed by atoms with van der Waals surface area (Å²) in [6, 6.07) is 20.6. The van der Waals surface area contributed by atoms with Crippen molar-refractivity contribution in [2.24, 2.45) is 5.92 Å². The second-order valence-corrected chi connectivity index (χ2v) is 9.51. The van der Waals surface area contributed by atoms with E-state index in [4.69, 9.17) is 5.73 Å². The Morgan fingerprint density at radius 1 is 1.06 bits per heavy atom. The lowest BCUT2D eigenvalue weighted by Crippen LogP contribution is -2.17. The molecule has 0 amide bonds. The van der Waals surface area contributed by atoms with Gasteiger partial charge in [-0.15, -0.1) is 11.3 Å². The van der Waals surface area contributed by atoms with Gasteiger partial charge in [0.2, 0.25) is 0 Å². The van der Waals surface area contributed by atoms with Gasteiger partial charge in [-0.05, 0) is 59.6 Å². The van der Waals surface area contributed by atoms with E-state index in [1.165, 1.54) is 16.2 Å². The molecule has 1 unspecified atom stereocenters. The zero-order chi connectivity index (χ0) is 22.2. The summed E-state index contributed by atoms with van der Waals surface area (Å²) >= 11 is 1.53. The molecule has 5 nitrogen and oxygen atoms in total. The smallest absolute Gasteiger partial charge is 0.269 e. The maximum absolute atomic E-state index is 13.4. The highest BCUT2D eigenvalue weighted by Crippen LogP contribution is 2.40. The quantitative estimate of drug-likeness (QED) is 0.234. The fourth-order valence-corrected chi connectivity index (χ4v) is 5.89. The monoisotopic (exact) mass is 442 g/mol. The zero-order valence-corrected chi connectivity index (χ0v) is 18.2. The van der Waals surface area contributed by atoms with Crippen molar-refractivity contribution >= 4 is 38.6 Å². The van der Waals surface area contributed by atoms with Crippen LogP contribution in [0.4, 0.5) is 10.7 Å². The first-order valence-corrected chi connectivity index (χ1v) is 11.5. The van der Waals surface area contributed by atoms with Crippen molar-refractivity contribution in [3.05, 3.63) is 104 Å². The highest BCUT2D eigenvalue weighted by atomic mass is 32.1. The van der Waals surface area contributed by atoms with E-state index in [9.17, 15) is 14.9 Å². The lowest BCUT2D eigenvalue weighted by molar-refractivity contribution is -0.384. The molecule has 5 rings (SSSR count). The van der Waals surface area contributed by atoms with Crippen LogP contribution in [-0.4, -0.2) is 10.7 Å². The summed E-state index contributed by atoms with van der Waals surface area (Å²) in [5.41, 5.74) is 10.0. The highest BCUT2D eigenvalue weighted by Gasteiger charge is 2.28. The molecule has 6 heteroatoms. The number of anilines is 1. The minimum atomic E-state index is -0.376. The molecule has 160 valence electrons. The number of hydrogen-bond acceptors (Lipinski definition) is 5. The Morgan fingerprint density at radius 3 is 2.56 bits per heavy atom. The SMILES string of the molecule is Nc1sc2c(c1C(=O)c1ccc3ccccc3c1)CCC(Cc1ccc([N+](=O)[O-])cc1)C2. The Kier molecular flexibility index (Phi) is 5.23. The number of nitro benzene ring substituents is 1. The van der Waals surface area contributed by atoms with Crippen LogP contribution in [0.2, 0.25) is 0 Å². The summed E-state index contributed by atoms with van der Waals surface area (Å²) in [5.74, 6) is 0.435. The molecule has 1 aliphatic carbocycles. The average Bonchev–Trinajstić information content (AvgIpc) is 3.13. The van der Waals surface area contributed by atoms with Gasteiger partial charge < -0.3 is 5.73 Å². The number of benzene rings is 3. The third-order valence-corrected chi connectivity index (χ3v) is 7.39. The molecular formula is C26H22N2O3S. The van der Waals surface area contributed by atoms with Gasteiger partial charge in [0.05, 0.1) is 15.5 Å². The molecule has 0 bridgehead atoms. The zero-order valence-electron chi connectivity index (χ0n) is 17.4. The third-order valence-electron chi connectivity index (χ3n) is 6.30. The summed E-state index contributed by atoms with van der Waals surface area (Å²) in [5, 5.41) is 13.6. The van der Waals surface area contributed by atoms with Crippen molar-refractivity contribution in [3.8, 4) is 0 Å². The van der Waals surface area contributed by atoms with Crippen molar-refractivity contribution < 1.29 is 9.72 Å². The van der Waals surface area contributed by atoms with Crippen LogP contribution in [0, 0.1) is 16.0 Å². The van der Waals surface area contributed by atoms with E-state index >= 15 is 0 Å².